The first-order valence-corrected chi connectivity index (χ1v) is 8.74. The molecule has 23 heavy (non-hydrogen) atoms. The fourth-order valence-electron chi connectivity index (χ4n) is 2.93. The highest BCUT2D eigenvalue weighted by Crippen LogP contribution is 2.33. The first kappa shape index (κ1) is 16.0. The second-order valence-electron chi connectivity index (χ2n) is 5.74. The Hall–Kier alpha value is -1.86. The van der Waals surface area contributed by atoms with E-state index < -0.39 is 0 Å². The van der Waals surface area contributed by atoms with Crippen molar-refractivity contribution in [2.45, 2.75) is 38.8 Å². The summed E-state index contributed by atoms with van der Waals surface area (Å²) in [4.78, 5) is 13.6. The van der Waals surface area contributed by atoms with Gasteiger partial charge < -0.3 is 15.4 Å². The van der Waals surface area contributed by atoms with E-state index in [1.807, 2.05) is 27.1 Å². The summed E-state index contributed by atoms with van der Waals surface area (Å²) >= 11 is 1.76. The summed E-state index contributed by atoms with van der Waals surface area (Å²) in [5, 5.41) is 12.3. The molecular formula is C16H22N4O2S. The molecule has 1 aliphatic heterocycles. The van der Waals surface area contributed by atoms with Gasteiger partial charge >= 0.3 is 6.03 Å². The minimum absolute atomic E-state index is 0.0877. The minimum atomic E-state index is -0.230. The smallest absolute Gasteiger partial charge is 0.319 e. The highest BCUT2D eigenvalue weighted by atomic mass is 32.1. The van der Waals surface area contributed by atoms with Crippen LogP contribution in [0.4, 0.5) is 10.5 Å². The highest BCUT2D eigenvalue weighted by Gasteiger charge is 2.28. The molecule has 0 spiro atoms. The molecule has 2 amide bonds. The standard InChI is InChI=1S/C16H22N4O2S/c1-4-12-13(9-20(3)19-12)18-16(21)17-10(2)15-11-6-8-23-14(11)5-7-22-15/h6,8-10,15H,4-5,7H2,1-3H3,(H2,17,18,21)/t10-,15+/m0/s1. The molecule has 3 rings (SSSR count). The SMILES string of the molecule is CCc1nn(C)cc1NC(=O)N[C@@H](C)[C@H]1OCCc2sccc21. The second-order valence-corrected chi connectivity index (χ2v) is 6.75. The van der Waals surface area contributed by atoms with Gasteiger partial charge in [-0.05, 0) is 30.4 Å². The molecule has 2 aromatic heterocycles. The number of thiophene rings is 1. The van der Waals surface area contributed by atoms with E-state index in [1.165, 1.54) is 10.4 Å². The molecule has 2 aromatic rings. The fourth-order valence-corrected chi connectivity index (χ4v) is 3.83. The number of carbonyl (C=O) groups is 1. The fraction of sp³-hybridized carbons (Fsp3) is 0.500. The van der Waals surface area contributed by atoms with Gasteiger partial charge in [0.05, 0.1) is 24.0 Å². The summed E-state index contributed by atoms with van der Waals surface area (Å²) in [6, 6.07) is 1.76. The van der Waals surface area contributed by atoms with Crippen LogP contribution >= 0.6 is 11.3 Å². The zero-order valence-corrected chi connectivity index (χ0v) is 14.4. The molecule has 124 valence electrons. The van der Waals surface area contributed by atoms with Gasteiger partial charge in [-0.1, -0.05) is 6.92 Å². The molecule has 0 saturated heterocycles. The number of hydrogen-bond donors (Lipinski definition) is 2. The highest BCUT2D eigenvalue weighted by molar-refractivity contribution is 7.10. The molecule has 0 bridgehead atoms. The molecule has 0 aromatic carbocycles. The second kappa shape index (κ2) is 6.72. The number of carbonyl (C=O) groups excluding carboxylic acids is 1. The summed E-state index contributed by atoms with van der Waals surface area (Å²) in [5.74, 6) is 0. The maximum absolute atomic E-state index is 12.3. The van der Waals surface area contributed by atoms with Crippen LogP contribution in [0.1, 0.15) is 36.1 Å². The van der Waals surface area contributed by atoms with Crippen molar-refractivity contribution >= 4 is 23.1 Å². The van der Waals surface area contributed by atoms with Gasteiger partial charge in [-0.3, -0.25) is 4.68 Å². The average molecular weight is 334 g/mol. The van der Waals surface area contributed by atoms with Crippen molar-refractivity contribution in [1.29, 1.82) is 0 Å². The normalized spacial score (nSPS) is 18.3. The zero-order chi connectivity index (χ0) is 16.4. The van der Waals surface area contributed by atoms with Gasteiger partial charge in [0.2, 0.25) is 0 Å². The number of amides is 2. The van der Waals surface area contributed by atoms with Crippen LogP contribution in [-0.4, -0.2) is 28.5 Å². The Labute approximate surface area is 139 Å². The number of aryl methyl sites for hydroxylation is 2. The van der Waals surface area contributed by atoms with E-state index >= 15 is 0 Å². The molecule has 0 unspecified atom stereocenters. The third-order valence-electron chi connectivity index (χ3n) is 4.01. The molecule has 3 heterocycles. The van der Waals surface area contributed by atoms with Gasteiger partial charge in [0.1, 0.15) is 6.10 Å². The Morgan fingerprint density at radius 3 is 3.22 bits per heavy atom. The van der Waals surface area contributed by atoms with Gasteiger partial charge in [-0.15, -0.1) is 11.3 Å². The molecular weight excluding hydrogens is 312 g/mol. The number of nitrogens with one attached hydrogen (secondary N) is 2. The van der Waals surface area contributed by atoms with E-state index in [1.54, 1.807) is 16.0 Å². The van der Waals surface area contributed by atoms with Gasteiger partial charge in [0.15, 0.2) is 0 Å². The summed E-state index contributed by atoms with van der Waals surface area (Å²) in [5.41, 5.74) is 2.83. The predicted molar refractivity (Wildman–Crippen MR) is 90.9 cm³/mol. The molecule has 0 radical (unpaired) electrons. The monoisotopic (exact) mass is 334 g/mol. The lowest BCUT2D eigenvalue weighted by molar-refractivity contribution is 0.0238. The molecule has 7 heteroatoms. The van der Waals surface area contributed by atoms with Crippen molar-refractivity contribution in [3.63, 3.8) is 0 Å². The van der Waals surface area contributed by atoms with E-state index in [2.05, 4.69) is 27.2 Å². The Morgan fingerprint density at radius 1 is 1.61 bits per heavy atom. The summed E-state index contributed by atoms with van der Waals surface area (Å²) in [7, 11) is 1.85. The van der Waals surface area contributed by atoms with Crippen molar-refractivity contribution in [3.8, 4) is 0 Å². The Morgan fingerprint density at radius 2 is 2.43 bits per heavy atom. The lowest BCUT2D eigenvalue weighted by atomic mass is 10.0. The number of urea groups is 1. The molecule has 0 aliphatic carbocycles. The third kappa shape index (κ3) is 3.40. The van der Waals surface area contributed by atoms with Crippen LogP contribution in [0.2, 0.25) is 0 Å². The van der Waals surface area contributed by atoms with Crippen molar-refractivity contribution < 1.29 is 9.53 Å². The Balaban J connectivity index is 1.64. The van der Waals surface area contributed by atoms with Crippen LogP contribution in [0.15, 0.2) is 17.6 Å². The number of hydrogen-bond acceptors (Lipinski definition) is 4. The van der Waals surface area contributed by atoms with Crippen LogP contribution in [0.25, 0.3) is 0 Å². The maximum atomic E-state index is 12.3. The quantitative estimate of drug-likeness (QED) is 0.903. The van der Waals surface area contributed by atoms with Crippen LogP contribution in [0.3, 0.4) is 0 Å². The first-order valence-electron chi connectivity index (χ1n) is 7.86. The number of aromatic nitrogens is 2. The van der Waals surface area contributed by atoms with Crippen molar-refractivity contribution in [3.05, 3.63) is 33.8 Å². The van der Waals surface area contributed by atoms with Crippen LogP contribution < -0.4 is 10.6 Å². The summed E-state index contributed by atoms with van der Waals surface area (Å²) in [6.45, 7) is 4.69. The van der Waals surface area contributed by atoms with Crippen LogP contribution in [0, 0.1) is 0 Å². The lowest BCUT2D eigenvalue weighted by Gasteiger charge is -2.29. The maximum Gasteiger partial charge on any atom is 0.319 e. The van der Waals surface area contributed by atoms with Crippen LogP contribution in [-0.2, 0) is 24.6 Å². The molecule has 0 saturated carbocycles. The van der Waals surface area contributed by atoms with Gasteiger partial charge in [-0.2, -0.15) is 5.10 Å². The number of nitrogens with zero attached hydrogens (tertiary/aromatic N) is 2. The number of ether oxygens (including phenoxy) is 1. The predicted octanol–water partition coefficient (Wildman–Crippen LogP) is 2.87. The average Bonchev–Trinajstić information content (AvgIpc) is 3.12. The van der Waals surface area contributed by atoms with Crippen molar-refractivity contribution in [1.82, 2.24) is 15.1 Å². The lowest BCUT2D eigenvalue weighted by Crippen LogP contribution is -2.41. The van der Waals surface area contributed by atoms with E-state index in [-0.39, 0.29) is 18.2 Å². The van der Waals surface area contributed by atoms with E-state index in [9.17, 15) is 4.79 Å². The topological polar surface area (TPSA) is 68.2 Å². The van der Waals surface area contributed by atoms with Gasteiger partial charge in [-0.25, -0.2) is 4.79 Å². The van der Waals surface area contributed by atoms with E-state index in [0.29, 0.717) is 6.61 Å². The number of fused-ring (bicyclic) bond motifs is 1. The molecule has 6 nitrogen and oxygen atoms in total. The number of anilines is 1. The Bertz CT molecular complexity index is 694. The van der Waals surface area contributed by atoms with E-state index in [0.717, 1.165) is 24.2 Å². The van der Waals surface area contributed by atoms with Gasteiger partial charge in [0.25, 0.3) is 0 Å². The summed E-state index contributed by atoms with van der Waals surface area (Å²) in [6.07, 6.45) is 3.46. The first-order chi connectivity index (χ1) is 11.1. The molecule has 2 N–H and O–H groups in total. The minimum Gasteiger partial charge on any atom is -0.371 e. The number of rotatable bonds is 4. The molecule has 0 fully saturated rings. The Kier molecular flexibility index (Phi) is 4.68. The zero-order valence-electron chi connectivity index (χ0n) is 13.6. The van der Waals surface area contributed by atoms with Crippen LogP contribution in [0.5, 0.6) is 0 Å². The van der Waals surface area contributed by atoms with Gasteiger partial charge in [0, 0.05) is 24.5 Å². The van der Waals surface area contributed by atoms with Crippen molar-refractivity contribution in [2.24, 2.45) is 7.05 Å². The van der Waals surface area contributed by atoms with Crippen molar-refractivity contribution in [2.75, 3.05) is 11.9 Å². The largest absolute Gasteiger partial charge is 0.371 e. The molecule has 2 atom stereocenters. The third-order valence-corrected chi connectivity index (χ3v) is 5.01. The summed E-state index contributed by atoms with van der Waals surface area (Å²) < 4.78 is 7.58. The van der Waals surface area contributed by atoms with E-state index in [4.69, 9.17) is 4.74 Å². The molecule has 1 aliphatic rings.